The van der Waals surface area contributed by atoms with E-state index < -0.39 is 6.10 Å². The van der Waals surface area contributed by atoms with Crippen molar-refractivity contribution in [3.05, 3.63) is 58.1 Å². The van der Waals surface area contributed by atoms with Crippen LogP contribution in [0.5, 0.6) is 0 Å². The number of halogens is 2. The van der Waals surface area contributed by atoms with Gasteiger partial charge in [0.15, 0.2) is 0 Å². The fourth-order valence-electron chi connectivity index (χ4n) is 3.43. The highest BCUT2D eigenvalue weighted by Gasteiger charge is 2.30. The largest absolute Gasteiger partial charge is 0.382 e. The Balaban J connectivity index is 1.45. The number of rotatable bonds is 4. The minimum atomic E-state index is -0.682. The fraction of sp³-hybridized carbons (Fsp3) is 0.300. The molecule has 0 aromatic heterocycles. The second kappa shape index (κ2) is 7.79. The molecule has 7 heteroatoms. The Kier molecular flexibility index (Phi) is 5.23. The van der Waals surface area contributed by atoms with E-state index in [1.807, 2.05) is 24.3 Å². The van der Waals surface area contributed by atoms with Crippen LogP contribution < -0.4 is 10.2 Å². The summed E-state index contributed by atoms with van der Waals surface area (Å²) in [5.74, 6) is -0.217. The summed E-state index contributed by atoms with van der Waals surface area (Å²) < 4.78 is 0. The number of oxime groups is 1. The normalized spacial score (nSPS) is 19.0. The molecule has 2 aromatic rings. The van der Waals surface area contributed by atoms with E-state index in [4.69, 9.17) is 28.0 Å². The zero-order valence-electron chi connectivity index (χ0n) is 14.6. The molecule has 2 aromatic carbocycles. The predicted octanol–water partition coefficient (Wildman–Crippen LogP) is 4.73. The molecular weight excluding hydrogens is 385 g/mol. The lowest BCUT2D eigenvalue weighted by molar-refractivity contribution is -0.125. The number of hydrogen-bond donors (Lipinski definition) is 1. The predicted molar refractivity (Wildman–Crippen MR) is 109 cm³/mol. The Morgan fingerprint density at radius 3 is 2.70 bits per heavy atom. The lowest BCUT2D eigenvalue weighted by Gasteiger charge is -2.22. The highest BCUT2D eigenvalue weighted by molar-refractivity contribution is 6.37. The molecule has 0 radical (unpaired) electrons. The van der Waals surface area contributed by atoms with E-state index >= 15 is 0 Å². The summed E-state index contributed by atoms with van der Waals surface area (Å²) in [6.45, 7) is 2.02. The maximum absolute atomic E-state index is 12.7. The Morgan fingerprint density at radius 2 is 1.93 bits per heavy atom. The van der Waals surface area contributed by atoms with Crippen LogP contribution in [0.15, 0.2) is 47.6 Å². The first kappa shape index (κ1) is 18.1. The van der Waals surface area contributed by atoms with Crippen molar-refractivity contribution < 1.29 is 9.63 Å². The van der Waals surface area contributed by atoms with Gasteiger partial charge >= 0.3 is 0 Å². The first-order chi connectivity index (χ1) is 13.1. The smallest absolute Gasteiger partial charge is 0.268 e. The summed E-state index contributed by atoms with van der Waals surface area (Å²) >= 11 is 12.2. The van der Waals surface area contributed by atoms with Crippen LogP contribution in [-0.4, -0.2) is 30.8 Å². The second-order valence-electron chi connectivity index (χ2n) is 6.66. The minimum absolute atomic E-state index is 0.217. The number of anilines is 2. The molecule has 0 saturated carbocycles. The number of hydrogen-bond acceptors (Lipinski definition) is 4. The lowest BCUT2D eigenvalue weighted by atomic mass is 10.0. The van der Waals surface area contributed by atoms with Gasteiger partial charge in [-0.3, -0.25) is 4.79 Å². The fourth-order valence-corrected chi connectivity index (χ4v) is 3.94. The quantitative estimate of drug-likeness (QED) is 0.802. The lowest BCUT2D eigenvalue weighted by Crippen LogP contribution is -2.29. The van der Waals surface area contributed by atoms with Gasteiger partial charge in [0.1, 0.15) is 0 Å². The second-order valence-corrected chi connectivity index (χ2v) is 7.50. The van der Waals surface area contributed by atoms with E-state index in [0.717, 1.165) is 30.0 Å². The zero-order valence-corrected chi connectivity index (χ0v) is 16.1. The molecule has 1 amide bonds. The molecule has 1 N–H and O–H groups in total. The molecule has 4 rings (SSSR count). The van der Waals surface area contributed by atoms with Gasteiger partial charge in [0, 0.05) is 30.1 Å². The summed E-state index contributed by atoms with van der Waals surface area (Å²) in [5, 5.41) is 8.09. The van der Waals surface area contributed by atoms with Gasteiger partial charge in [-0.25, -0.2) is 0 Å². The number of carbonyl (C=O) groups excluding carboxylic acids is 1. The molecule has 2 aliphatic rings. The molecule has 140 valence electrons. The first-order valence-electron chi connectivity index (χ1n) is 8.95. The summed E-state index contributed by atoms with van der Waals surface area (Å²) in [6.07, 6.45) is 2.03. The van der Waals surface area contributed by atoms with Crippen molar-refractivity contribution in [3.63, 3.8) is 0 Å². The maximum atomic E-state index is 12.7. The Bertz CT molecular complexity index is 895. The van der Waals surface area contributed by atoms with Crippen LogP contribution in [0.1, 0.15) is 24.8 Å². The van der Waals surface area contributed by atoms with Crippen molar-refractivity contribution in [1.29, 1.82) is 0 Å². The molecule has 1 atom stereocenters. The summed E-state index contributed by atoms with van der Waals surface area (Å²) in [6, 6.07) is 13.0. The van der Waals surface area contributed by atoms with Crippen LogP contribution in [0.2, 0.25) is 10.0 Å². The zero-order chi connectivity index (χ0) is 18.8. The standard InChI is InChI=1S/C20H19Cl2N3O2/c21-13-7-8-14(15(22)11-13)17-12-19(27-24-17)20(26)23-16-5-1-2-6-18(16)25-9-3-4-10-25/h1-2,5-8,11,19H,3-4,9-10,12H2,(H,23,26). The van der Waals surface area contributed by atoms with Crippen molar-refractivity contribution in [2.45, 2.75) is 25.4 Å². The average molecular weight is 404 g/mol. The van der Waals surface area contributed by atoms with Crippen LogP contribution in [0, 0.1) is 0 Å². The van der Waals surface area contributed by atoms with Gasteiger partial charge in [0.25, 0.3) is 5.91 Å². The molecule has 2 aliphatic heterocycles. The van der Waals surface area contributed by atoms with Crippen molar-refractivity contribution >= 4 is 46.2 Å². The van der Waals surface area contributed by atoms with Crippen LogP contribution in [-0.2, 0) is 9.63 Å². The van der Waals surface area contributed by atoms with Gasteiger partial charge in [-0.1, -0.05) is 46.6 Å². The summed E-state index contributed by atoms with van der Waals surface area (Å²) in [5.41, 5.74) is 3.22. The number of nitrogens with zero attached hydrogens (tertiary/aromatic N) is 2. The topological polar surface area (TPSA) is 53.9 Å². The molecule has 27 heavy (non-hydrogen) atoms. The molecule has 1 fully saturated rings. The van der Waals surface area contributed by atoms with Gasteiger partial charge < -0.3 is 15.1 Å². The van der Waals surface area contributed by atoms with E-state index in [1.165, 1.54) is 12.8 Å². The highest BCUT2D eigenvalue weighted by Crippen LogP contribution is 2.30. The van der Waals surface area contributed by atoms with E-state index in [9.17, 15) is 4.79 Å². The minimum Gasteiger partial charge on any atom is -0.382 e. The molecular formula is C20H19Cl2N3O2. The van der Waals surface area contributed by atoms with Gasteiger partial charge in [0.05, 0.1) is 22.1 Å². The summed E-state index contributed by atoms with van der Waals surface area (Å²) in [4.78, 5) is 20.4. The van der Waals surface area contributed by atoms with Crippen LogP contribution in [0.3, 0.4) is 0 Å². The molecule has 0 spiro atoms. The van der Waals surface area contributed by atoms with Crippen molar-refractivity contribution in [3.8, 4) is 0 Å². The Morgan fingerprint density at radius 1 is 1.15 bits per heavy atom. The van der Waals surface area contributed by atoms with E-state index in [1.54, 1.807) is 18.2 Å². The molecule has 5 nitrogen and oxygen atoms in total. The SMILES string of the molecule is O=C(Nc1ccccc1N1CCCC1)C1CC(c2ccc(Cl)cc2Cl)=NO1. The Labute approximate surface area is 167 Å². The molecule has 1 saturated heterocycles. The first-order valence-corrected chi connectivity index (χ1v) is 9.70. The highest BCUT2D eigenvalue weighted by atomic mass is 35.5. The maximum Gasteiger partial charge on any atom is 0.268 e. The van der Waals surface area contributed by atoms with E-state index in [-0.39, 0.29) is 5.91 Å². The number of nitrogens with one attached hydrogen (secondary N) is 1. The van der Waals surface area contributed by atoms with Gasteiger partial charge in [-0.2, -0.15) is 0 Å². The number of para-hydroxylation sites is 2. The average Bonchev–Trinajstić information content (AvgIpc) is 3.34. The van der Waals surface area contributed by atoms with Gasteiger partial charge in [0.2, 0.25) is 6.10 Å². The van der Waals surface area contributed by atoms with Crippen molar-refractivity contribution in [2.75, 3.05) is 23.3 Å². The van der Waals surface area contributed by atoms with Crippen molar-refractivity contribution in [1.82, 2.24) is 0 Å². The van der Waals surface area contributed by atoms with Crippen LogP contribution in [0.25, 0.3) is 0 Å². The molecule has 2 heterocycles. The number of amides is 1. The summed E-state index contributed by atoms with van der Waals surface area (Å²) in [7, 11) is 0. The van der Waals surface area contributed by atoms with Crippen LogP contribution >= 0.6 is 23.2 Å². The van der Waals surface area contributed by atoms with Gasteiger partial charge in [-0.15, -0.1) is 0 Å². The third-order valence-corrected chi connectivity index (χ3v) is 5.36. The third kappa shape index (κ3) is 3.89. The van der Waals surface area contributed by atoms with Crippen LogP contribution in [0.4, 0.5) is 11.4 Å². The Hall–Kier alpha value is -2.24. The van der Waals surface area contributed by atoms with E-state index in [2.05, 4.69) is 15.4 Å². The number of benzene rings is 2. The molecule has 1 unspecified atom stereocenters. The monoisotopic (exact) mass is 403 g/mol. The van der Waals surface area contributed by atoms with Gasteiger partial charge in [-0.05, 0) is 37.1 Å². The molecule has 0 aliphatic carbocycles. The van der Waals surface area contributed by atoms with E-state index in [0.29, 0.717) is 22.2 Å². The van der Waals surface area contributed by atoms with Crippen molar-refractivity contribution in [2.24, 2.45) is 5.16 Å². The third-order valence-electron chi connectivity index (χ3n) is 4.81. The number of carbonyl (C=O) groups is 1. The molecule has 0 bridgehead atoms.